The molecular weight excluding hydrogens is 198 g/mol. The van der Waals surface area contributed by atoms with Crippen LogP contribution in [0.4, 0.5) is 0 Å². The minimum atomic E-state index is -0.138. The van der Waals surface area contributed by atoms with Crippen molar-refractivity contribution in [1.29, 1.82) is 0 Å². The fourth-order valence-electron chi connectivity index (χ4n) is 2.19. The van der Waals surface area contributed by atoms with E-state index >= 15 is 0 Å². The highest BCUT2D eigenvalue weighted by Gasteiger charge is 2.17. The van der Waals surface area contributed by atoms with Crippen LogP contribution in [-0.4, -0.2) is 29.2 Å². The number of aliphatic hydroxyl groups is 1. The monoisotopic (exact) mass is 217 g/mol. The molecule has 1 saturated heterocycles. The van der Waals surface area contributed by atoms with E-state index in [9.17, 15) is 5.11 Å². The third-order valence-electron chi connectivity index (χ3n) is 3.10. The van der Waals surface area contributed by atoms with Crippen LogP contribution in [-0.2, 0) is 6.54 Å². The Morgan fingerprint density at radius 3 is 2.75 bits per heavy atom. The van der Waals surface area contributed by atoms with Crippen LogP contribution in [0.5, 0.6) is 0 Å². The molecule has 0 aliphatic carbocycles. The van der Waals surface area contributed by atoms with E-state index in [2.05, 4.69) is 35.7 Å². The second-order valence-electron chi connectivity index (χ2n) is 4.48. The Kier molecular flexibility index (Phi) is 3.75. The van der Waals surface area contributed by atoms with Crippen LogP contribution in [0.25, 0.3) is 6.08 Å². The van der Waals surface area contributed by atoms with Gasteiger partial charge in [0.05, 0.1) is 6.10 Å². The van der Waals surface area contributed by atoms with E-state index in [1.54, 1.807) is 0 Å². The number of hydrogen-bond donors (Lipinski definition) is 1. The molecule has 1 unspecified atom stereocenters. The molecule has 0 bridgehead atoms. The van der Waals surface area contributed by atoms with Crippen molar-refractivity contribution < 1.29 is 5.11 Å². The summed E-state index contributed by atoms with van der Waals surface area (Å²) >= 11 is 0. The maximum Gasteiger partial charge on any atom is 0.0667 e. The van der Waals surface area contributed by atoms with Gasteiger partial charge in [-0.25, -0.2) is 0 Å². The molecule has 0 radical (unpaired) electrons. The van der Waals surface area contributed by atoms with Crippen molar-refractivity contribution >= 4 is 6.08 Å². The molecular formula is C14H19NO. The maximum atomic E-state index is 9.58. The number of likely N-dealkylation sites (tertiary alicyclic amines) is 1. The van der Waals surface area contributed by atoms with Crippen molar-refractivity contribution in [2.24, 2.45) is 0 Å². The number of β-amino-alcohol motifs (C(OH)–C–C–N with tert-alkyl or cyclic N) is 1. The standard InChI is InChI=1S/C14H19NO/c1-2-12-5-7-13(8-6-12)10-15-9-3-4-14(16)11-15/h2,5-8,14,16H,1,3-4,9-11H2. The highest BCUT2D eigenvalue weighted by atomic mass is 16.3. The Labute approximate surface area is 97.2 Å². The van der Waals surface area contributed by atoms with Crippen LogP contribution in [0.2, 0.25) is 0 Å². The van der Waals surface area contributed by atoms with E-state index in [0.29, 0.717) is 0 Å². The lowest BCUT2D eigenvalue weighted by Gasteiger charge is -2.29. The predicted octanol–water partition coefficient (Wildman–Crippen LogP) is 2.29. The molecule has 1 fully saturated rings. The molecule has 1 aromatic carbocycles. The molecule has 86 valence electrons. The minimum absolute atomic E-state index is 0.138. The van der Waals surface area contributed by atoms with E-state index in [1.807, 2.05) is 6.08 Å². The van der Waals surface area contributed by atoms with Crippen LogP contribution >= 0.6 is 0 Å². The molecule has 1 aliphatic rings. The lowest BCUT2D eigenvalue weighted by Crippen LogP contribution is -2.37. The SMILES string of the molecule is C=Cc1ccc(CN2CCCC(O)C2)cc1. The summed E-state index contributed by atoms with van der Waals surface area (Å²) in [6.45, 7) is 6.59. The molecule has 2 heteroatoms. The highest BCUT2D eigenvalue weighted by molar-refractivity contribution is 5.47. The summed E-state index contributed by atoms with van der Waals surface area (Å²) < 4.78 is 0. The first kappa shape index (κ1) is 11.4. The van der Waals surface area contributed by atoms with Crippen molar-refractivity contribution in [2.45, 2.75) is 25.5 Å². The lowest BCUT2D eigenvalue weighted by atomic mass is 10.1. The molecule has 1 atom stereocenters. The average Bonchev–Trinajstić information content (AvgIpc) is 2.30. The van der Waals surface area contributed by atoms with Crippen LogP contribution in [0, 0.1) is 0 Å². The Bertz CT molecular complexity index is 344. The van der Waals surface area contributed by atoms with E-state index in [-0.39, 0.29) is 6.10 Å². The Morgan fingerprint density at radius 1 is 1.38 bits per heavy atom. The zero-order valence-corrected chi connectivity index (χ0v) is 9.60. The smallest absolute Gasteiger partial charge is 0.0667 e. The summed E-state index contributed by atoms with van der Waals surface area (Å²) in [5.74, 6) is 0. The normalized spacial score (nSPS) is 21.9. The summed E-state index contributed by atoms with van der Waals surface area (Å²) in [7, 11) is 0. The maximum absolute atomic E-state index is 9.58. The molecule has 16 heavy (non-hydrogen) atoms. The predicted molar refractivity (Wildman–Crippen MR) is 67.1 cm³/mol. The van der Waals surface area contributed by atoms with Crippen molar-refractivity contribution in [1.82, 2.24) is 4.90 Å². The number of rotatable bonds is 3. The van der Waals surface area contributed by atoms with E-state index in [1.165, 1.54) is 5.56 Å². The van der Waals surface area contributed by atoms with Gasteiger partial charge >= 0.3 is 0 Å². The van der Waals surface area contributed by atoms with Gasteiger partial charge in [-0.05, 0) is 30.5 Å². The van der Waals surface area contributed by atoms with Crippen LogP contribution in [0.15, 0.2) is 30.8 Å². The summed E-state index contributed by atoms with van der Waals surface area (Å²) in [6.07, 6.45) is 3.77. The number of hydrogen-bond acceptors (Lipinski definition) is 2. The summed E-state index contributed by atoms with van der Waals surface area (Å²) in [5.41, 5.74) is 2.46. The lowest BCUT2D eigenvalue weighted by molar-refractivity contribution is 0.0668. The number of benzene rings is 1. The number of piperidine rings is 1. The average molecular weight is 217 g/mol. The second-order valence-corrected chi connectivity index (χ2v) is 4.48. The van der Waals surface area contributed by atoms with Gasteiger partial charge in [0, 0.05) is 13.1 Å². The molecule has 1 N–H and O–H groups in total. The zero-order chi connectivity index (χ0) is 11.4. The molecule has 1 aromatic rings. The first-order valence-electron chi connectivity index (χ1n) is 5.90. The molecule has 1 heterocycles. The number of nitrogens with zero attached hydrogens (tertiary/aromatic N) is 1. The summed E-state index contributed by atoms with van der Waals surface area (Å²) in [4.78, 5) is 2.32. The van der Waals surface area contributed by atoms with E-state index in [4.69, 9.17) is 0 Å². The van der Waals surface area contributed by atoms with Crippen molar-refractivity contribution in [3.8, 4) is 0 Å². The fourth-order valence-corrected chi connectivity index (χ4v) is 2.19. The molecule has 2 rings (SSSR count). The second kappa shape index (κ2) is 5.28. The molecule has 1 aliphatic heterocycles. The quantitative estimate of drug-likeness (QED) is 0.839. The molecule has 0 aromatic heterocycles. The summed E-state index contributed by atoms with van der Waals surface area (Å²) in [6, 6.07) is 8.45. The first-order chi connectivity index (χ1) is 7.78. The molecule has 0 amide bonds. The van der Waals surface area contributed by atoms with E-state index in [0.717, 1.165) is 38.0 Å². The van der Waals surface area contributed by atoms with Gasteiger partial charge in [-0.2, -0.15) is 0 Å². The molecule has 0 spiro atoms. The third kappa shape index (κ3) is 2.94. The van der Waals surface area contributed by atoms with Gasteiger partial charge in [0.1, 0.15) is 0 Å². The number of aliphatic hydroxyl groups excluding tert-OH is 1. The van der Waals surface area contributed by atoms with Gasteiger partial charge in [-0.15, -0.1) is 0 Å². The Balaban J connectivity index is 1.94. The molecule has 2 nitrogen and oxygen atoms in total. The van der Waals surface area contributed by atoms with Gasteiger partial charge in [0.2, 0.25) is 0 Å². The van der Waals surface area contributed by atoms with Gasteiger partial charge in [-0.3, -0.25) is 4.90 Å². The Morgan fingerprint density at radius 2 is 2.12 bits per heavy atom. The van der Waals surface area contributed by atoms with Crippen LogP contribution in [0.1, 0.15) is 24.0 Å². The topological polar surface area (TPSA) is 23.5 Å². The van der Waals surface area contributed by atoms with Gasteiger partial charge < -0.3 is 5.11 Å². The van der Waals surface area contributed by atoms with Crippen molar-refractivity contribution in [3.05, 3.63) is 42.0 Å². The van der Waals surface area contributed by atoms with Gasteiger partial charge in [-0.1, -0.05) is 36.9 Å². The van der Waals surface area contributed by atoms with Crippen LogP contribution < -0.4 is 0 Å². The van der Waals surface area contributed by atoms with Crippen molar-refractivity contribution in [2.75, 3.05) is 13.1 Å². The first-order valence-corrected chi connectivity index (χ1v) is 5.90. The zero-order valence-electron chi connectivity index (χ0n) is 9.60. The Hall–Kier alpha value is -1.12. The summed E-state index contributed by atoms with van der Waals surface area (Å²) in [5, 5.41) is 9.58. The largest absolute Gasteiger partial charge is 0.392 e. The van der Waals surface area contributed by atoms with E-state index < -0.39 is 0 Å². The van der Waals surface area contributed by atoms with Crippen LogP contribution in [0.3, 0.4) is 0 Å². The van der Waals surface area contributed by atoms with Gasteiger partial charge in [0.25, 0.3) is 0 Å². The van der Waals surface area contributed by atoms with Crippen molar-refractivity contribution in [3.63, 3.8) is 0 Å². The minimum Gasteiger partial charge on any atom is -0.392 e. The van der Waals surface area contributed by atoms with Gasteiger partial charge in [0.15, 0.2) is 0 Å². The highest BCUT2D eigenvalue weighted by Crippen LogP contribution is 2.14. The fraction of sp³-hybridized carbons (Fsp3) is 0.429. The molecule has 0 saturated carbocycles. The third-order valence-corrected chi connectivity index (χ3v) is 3.10.